The quantitative estimate of drug-likeness (QED) is 0.760. The Labute approximate surface area is 107 Å². The first-order chi connectivity index (χ1) is 8.52. The molecule has 0 atom stereocenters. The lowest BCUT2D eigenvalue weighted by atomic mass is 10.2. The van der Waals surface area contributed by atoms with E-state index in [1.807, 2.05) is 13.8 Å². The molecule has 0 aliphatic carbocycles. The number of carbonyl (C=O) groups is 1. The second kappa shape index (κ2) is 6.86. The Morgan fingerprint density at radius 2 is 2.17 bits per heavy atom. The first-order valence-corrected chi connectivity index (χ1v) is 5.88. The van der Waals surface area contributed by atoms with Crippen molar-refractivity contribution >= 4 is 17.3 Å². The summed E-state index contributed by atoms with van der Waals surface area (Å²) in [6.45, 7) is 4.25. The predicted octanol–water partition coefficient (Wildman–Crippen LogP) is 2.03. The molecular formula is C13H20N2O3. The van der Waals surface area contributed by atoms with Crippen molar-refractivity contribution in [1.82, 2.24) is 0 Å². The summed E-state index contributed by atoms with van der Waals surface area (Å²) < 4.78 is 10.4. The number of carbonyl (C=O) groups excluding carboxylic acids is 1. The molecule has 5 heteroatoms. The van der Waals surface area contributed by atoms with Crippen LogP contribution >= 0.6 is 0 Å². The second-order valence-corrected chi connectivity index (χ2v) is 4.17. The number of hydrogen-bond acceptors (Lipinski definition) is 4. The van der Waals surface area contributed by atoms with Gasteiger partial charge in [-0.2, -0.15) is 0 Å². The molecule has 3 N–H and O–H groups in total. The van der Waals surface area contributed by atoms with E-state index >= 15 is 0 Å². The first-order valence-electron chi connectivity index (χ1n) is 5.88. The number of nitrogens with two attached hydrogens (primary N) is 1. The normalized spacial score (nSPS) is 10.4. The Hall–Kier alpha value is -1.75. The highest BCUT2D eigenvalue weighted by Crippen LogP contribution is 2.24. The molecule has 0 saturated heterocycles. The highest BCUT2D eigenvalue weighted by Gasteiger charge is 2.07. The van der Waals surface area contributed by atoms with Crippen LogP contribution in [0.25, 0.3) is 0 Å². The van der Waals surface area contributed by atoms with Gasteiger partial charge in [0.2, 0.25) is 5.91 Å². The smallest absolute Gasteiger partial charge is 0.226 e. The van der Waals surface area contributed by atoms with Crippen LogP contribution in [0.5, 0.6) is 5.75 Å². The number of rotatable bonds is 6. The number of anilines is 2. The van der Waals surface area contributed by atoms with E-state index in [1.165, 1.54) is 0 Å². The van der Waals surface area contributed by atoms with Crippen LogP contribution in [-0.4, -0.2) is 25.7 Å². The minimum Gasteiger partial charge on any atom is -0.497 e. The first kappa shape index (κ1) is 14.3. The van der Waals surface area contributed by atoms with Gasteiger partial charge in [-0.25, -0.2) is 0 Å². The lowest BCUT2D eigenvalue weighted by Crippen LogP contribution is -2.16. The van der Waals surface area contributed by atoms with Crippen molar-refractivity contribution in [2.75, 3.05) is 24.8 Å². The third-order valence-corrected chi connectivity index (χ3v) is 2.31. The summed E-state index contributed by atoms with van der Waals surface area (Å²) in [7, 11) is 1.56. The highest BCUT2D eigenvalue weighted by atomic mass is 16.5. The molecule has 0 heterocycles. The van der Waals surface area contributed by atoms with Crippen molar-refractivity contribution in [2.45, 2.75) is 26.4 Å². The number of amides is 1. The number of ether oxygens (including phenoxy) is 2. The summed E-state index contributed by atoms with van der Waals surface area (Å²) in [4.78, 5) is 11.7. The number of benzene rings is 1. The van der Waals surface area contributed by atoms with Gasteiger partial charge in [0, 0.05) is 6.07 Å². The molecular weight excluding hydrogens is 232 g/mol. The maximum atomic E-state index is 11.7. The SMILES string of the molecule is COc1ccc(N)c(NC(=O)CCOC(C)C)c1. The average molecular weight is 252 g/mol. The lowest BCUT2D eigenvalue weighted by Gasteiger charge is -2.11. The van der Waals surface area contributed by atoms with Gasteiger partial charge in [0.25, 0.3) is 0 Å². The van der Waals surface area contributed by atoms with E-state index in [1.54, 1.807) is 25.3 Å². The lowest BCUT2D eigenvalue weighted by molar-refractivity contribution is -0.117. The topological polar surface area (TPSA) is 73.6 Å². The monoisotopic (exact) mass is 252 g/mol. The van der Waals surface area contributed by atoms with E-state index < -0.39 is 0 Å². The van der Waals surface area contributed by atoms with Crippen LogP contribution < -0.4 is 15.8 Å². The Morgan fingerprint density at radius 3 is 2.78 bits per heavy atom. The Morgan fingerprint density at radius 1 is 1.44 bits per heavy atom. The molecule has 0 saturated carbocycles. The summed E-state index contributed by atoms with van der Waals surface area (Å²) in [6, 6.07) is 5.13. The van der Waals surface area contributed by atoms with Crippen molar-refractivity contribution in [3.8, 4) is 5.75 Å². The Kier molecular flexibility index (Phi) is 5.45. The van der Waals surface area contributed by atoms with E-state index in [4.69, 9.17) is 15.2 Å². The van der Waals surface area contributed by atoms with Crippen molar-refractivity contribution in [1.29, 1.82) is 0 Å². The third kappa shape index (κ3) is 4.63. The van der Waals surface area contributed by atoms with Gasteiger partial charge in [-0.1, -0.05) is 0 Å². The summed E-state index contributed by atoms with van der Waals surface area (Å²) >= 11 is 0. The molecule has 0 aromatic heterocycles. The highest BCUT2D eigenvalue weighted by molar-refractivity contribution is 5.94. The van der Waals surface area contributed by atoms with Crippen LogP contribution in [-0.2, 0) is 9.53 Å². The fraction of sp³-hybridized carbons (Fsp3) is 0.462. The van der Waals surface area contributed by atoms with Gasteiger partial charge in [-0.05, 0) is 26.0 Å². The number of hydrogen-bond donors (Lipinski definition) is 2. The molecule has 0 aliphatic rings. The standard InChI is InChI=1S/C13H20N2O3/c1-9(2)18-7-6-13(16)15-12-8-10(17-3)4-5-11(12)14/h4-5,8-9H,6-7,14H2,1-3H3,(H,15,16). The number of methoxy groups -OCH3 is 1. The fourth-order valence-corrected chi connectivity index (χ4v) is 1.37. The van der Waals surface area contributed by atoms with Gasteiger partial charge >= 0.3 is 0 Å². The summed E-state index contributed by atoms with van der Waals surface area (Å²) in [5.74, 6) is 0.522. The van der Waals surface area contributed by atoms with Gasteiger partial charge in [-0.15, -0.1) is 0 Å². The van der Waals surface area contributed by atoms with Gasteiger partial charge in [0.1, 0.15) is 5.75 Å². The van der Waals surface area contributed by atoms with Crippen molar-refractivity contribution in [3.63, 3.8) is 0 Å². The maximum Gasteiger partial charge on any atom is 0.226 e. The van der Waals surface area contributed by atoms with Crippen molar-refractivity contribution in [3.05, 3.63) is 18.2 Å². The minimum atomic E-state index is -0.129. The summed E-state index contributed by atoms with van der Waals surface area (Å²) in [6.07, 6.45) is 0.425. The van der Waals surface area contributed by atoms with E-state index in [9.17, 15) is 4.79 Å². The van der Waals surface area contributed by atoms with Crippen molar-refractivity contribution < 1.29 is 14.3 Å². The fourth-order valence-electron chi connectivity index (χ4n) is 1.37. The zero-order valence-electron chi connectivity index (χ0n) is 11.0. The number of nitrogens with one attached hydrogen (secondary N) is 1. The summed E-state index contributed by atoms with van der Waals surface area (Å²) in [5, 5.41) is 2.73. The van der Waals surface area contributed by atoms with Crippen LogP contribution in [0.15, 0.2) is 18.2 Å². The van der Waals surface area contributed by atoms with Gasteiger partial charge in [0.05, 0.1) is 37.6 Å². The van der Waals surface area contributed by atoms with E-state index in [-0.39, 0.29) is 12.0 Å². The van der Waals surface area contributed by atoms with Gasteiger partial charge < -0.3 is 20.5 Å². The molecule has 0 unspecified atom stereocenters. The second-order valence-electron chi connectivity index (χ2n) is 4.17. The molecule has 1 amide bonds. The molecule has 0 spiro atoms. The van der Waals surface area contributed by atoms with Gasteiger partial charge in [0.15, 0.2) is 0 Å². The zero-order valence-corrected chi connectivity index (χ0v) is 11.0. The molecule has 100 valence electrons. The molecule has 0 bridgehead atoms. The zero-order chi connectivity index (χ0) is 13.5. The van der Waals surface area contributed by atoms with Gasteiger partial charge in [-0.3, -0.25) is 4.79 Å². The van der Waals surface area contributed by atoms with Crippen LogP contribution in [0.1, 0.15) is 20.3 Å². The number of nitrogen functional groups attached to an aromatic ring is 1. The molecule has 18 heavy (non-hydrogen) atoms. The van der Waals surface area contributed by atoms with E-state index in [2.05, 4.69) is 5.32 Å². The van der Waals surface area contributed by atoms with Crippen LogP contribution in [0.4, 0.5) is 11.4 Å². The van der Waals surface area contributed by atoms with Crippen LogP contribution in [0.2, 0.25) is 0 Å². The molecule has 1 rings (SSSR count). The van der Waals surface area contributed by atoms with E-state index in [0.29, 0.717) is 30.2 Å². The Balaban J connectivity index is 2.53. The molecule has 5 nitrogen and oxygen atoms in total. The largest absolute Gasteiger partial charge is 0.497 e. The van der Waals surface area contributed by atoms with E-state index in [0.717, 1.165) is 0 Å². The van der Waals surface area contributed by atoms with Crippen LogP contribution in [0, 0.1) is 0 Å². The molecule has 0 fully saturated rings. The predicted molar refractivity (Wildman–Crippen MR) is 71.7 cm³/mol. The van der Waals surface area contributed by atoms with Crippen molar-refractivity contribution in [2.24, 2.45) is 0 Å². The average Bonchev–Trinajstić information content (AvgIpc) is 2.31. The maximum absolute atomic E-state index is 11.7. The minimum absolute atomic E-state index is 0.125. The molecule has 1 aromatic carbocycles. The molecule has 1 aromatic rings. The molecule has 0 radical (unpaired) electrons. The summed E-state index contributed by atoms with van der Waals surface area (Å²) in [5.41, 5.74) is 6.84. The third-order valence-electron chi connectivity index (χ3n) is 2.31. The van der Waals surface area contributed by atoms with Crippen LogP contribution in [0.3, 0.4) is 0 Å². The Bertz CT molecular complexity index is 405. The molecule has 0 aliphatic heterocycles.